The topological polar surface area (TPSA) is 29.1 Å². The molecule has 1 amide bonds. The maximum Gasteiger partial charge on any atom is 0.219 e. The van der Waals surface area contributed by atoms with Crippen molar-refractivity contribution in [3.63, 3.8) is 0 Å². The third-order valence-electron chi connectivity index (χ3n) is 4.79. The maximum absolute atomic E-state index is 11.1. The van der Waals surface area contributed by atoms with E-state index in [1.54, 1.807) is 7.05 Å². The molecular weight excluding hydrogens is 306 g/mol. The van der Waals surface area contributed by atoms with E-state index in [0.29, 0.717) is 6.42 Å². The second-order valence-electron chi connectivity index (χ2n) is 7.08. The Morgan fingerprint density at radius 3 is 1.12 bits per heavy atom. The zero-order valence-electron chi connectivity index (χ0n) is 18.1. The molecule has 0 saturated carbocycles. The molecule has 0 aromatic rings. The average Bonchev–Trinajstić information content (AvgIpc) is 2.65. The lowest BCUT2D eigenvalue weighted by atomic mass is 10.0. The lowest BCUT2D eigenvalue weighted by Crippen LogP contribution is -2.16. The predicted octanol–water partition coefficient (Wildman–Crippen LogP) is 7.80. The van der Waals surface area contributed by atoms with E-state index < -0.39 is 0 Å². The van der Waals surface area contributed by atoms with Gasteiger partial charge >= 0.3 is 0 Å². The molecule has 0 unspecified atom stereocenters. The van der Waals surface area contributed by atoms with Gasteiger partial charge in [-0.2, -0.15) is 0 Å². The second kappa shape index (κ2) is 25.7. The van der Waals surface area contributed by atoms with Gasteiger partial charge < -0.3 is 5.32 Å². The van der Waals surface area contributed by atoms with Crippen molar-refractivity contribution in [3.05, 3.63) is 0 Å². The Hall–Kier alpha value is -0.530. The van der Waals surface area contributed by atoms with Crippen LogP contribution in [0.3, 0.4) is 0 Å². The van der Waals surface area contributed by atoms with E-state index in [1.807, 2.05) is 13.8 Å². The maximum atomic E-state index is 11.1. The Labute approximate surface area is 159 Å². The van der Waals surface area contributed by atoms with Crippen molar-refractivity contribution in [1.82, 2.24) is 5.32 Å². The van der Waals surface area contributed by atoms with Gasteiger partial charge in [0.2, 0.25) is 5.91 Å². The van der Waals surface area contributed by atoms with Gasteiger partial charge in [-0.25, -0.2) is 0 Å². The van der Waals surface area contributed by atoms with E-state index in [2.05, 4.69) is 12.2 Å². The molecule has 0 atom stereocenters. The first-order chi connectivity index (χ1) is 12.3. The second-order valence-corrected chi connectivity index (χ2v) is 7.08. The van der Waals surface area contributed by atoms with E-state index in [4.69, 9.17) is 0 Å². The SMILES string of the molecule is CC.CCCCCCCCCCCCCCCCCCCC(=O)NC. The molecule has 0 bridgehead atoms. The minimum atomic E-state index is 0.186. The molecule has 0 radical (unpaired) electrons. The highest BCUT2D eigenvalue weighted by molar-refractivity contribution is 5.75. The monoisotopic (exact) mass is 355 g/mol. The van der Waals surface area contributed by atoms with E-state index in [0.717, 1.165) is 6.42 Å². The van der Waals surface area contributed by atoms with Gasteiger partial charge in [-0.3, -0.25) is 4.79 Å². The molecule has 0 aliphatic heterocycles. The largest absolute Gasteiger partial charge is 0.359 e. The number of carbonyl (C=O) groups is 1. The highest BCUT2D eigenvalue weighted by Crippen LogP contribution is 2.14. The van der Waals surface area contributed by atoms with Crippen molar-refractivity contribution >= 4 is 5.91 Å². The Balaban J connectivity index is 0. The molecule has 0 aromatic carbocycles. The number of unbranched alkanes of at least 4 members (excludes halogenated alkanes) is 16. The lowest BCUT2D eigenvalue weighted by molar-refractivity contribution is -0.120. The van der Waals surface area contributed by atoms with Crippen LogP contribution < -0.4 is 5.32 Å². The summed E-state index contributed by atoms with van der Waals surface area (Å²) in [7, 11) is 1.72. The van der Waals surface area contributed by atoms with E-state index >= 15 is 0 Å². The van der Waals surface area contributed by atoms with Gasteiger partial charge in [0.25, 0.3) is 0 Å². The Morgan fingerprint density at radius 2 is 0.840 bits per heavy atom. The first kappa shape index (κ1) is 26.7. The summed E-state index contributed by atoms with van der Waals surface area (Å²) < 4.78 is 0. The van der Waals surface area contributed by atoms with Crippen LogP contribution in [0.2, 0.25) is 0 Å². The fourth-order valence-corrected chi connectivity index (χ4v) is 3.14. The van der Waals surface area contributed by atoms with Crippen LogP contribution in [0.1, 0.15) is 136 Å². The summed E-state index contributed by atoms with van der Waals surface area (Å²) in [5.74, 6) is 0.186. The van der Waals surface area contributed by atoms with Crippen LogP contribution >= 0.6 is 0 Å². The molecule has 152 valence electrons. The normalized spacial score (nSPS) is 10.2. The van der Waals surface area contributed by atoms with Crippen molar-refractivity contribution in [2.24, 2.45) is 0 Å². The van der Waals surface area contributed by atoms with E-state index in [1.165, 1.54) is 103 Å². The number of nitrogens with one attached hydrogen (secondary N) is 1. The van der Waals surface area contributed by atoms with Crippen molar-refractivity contribution in [2.45, 2.75) is 136 Å². The van der Waals surface area contributed by atoms with Crippen LogP contribution in [0.5, 0.6) is 0 Å². The summed E-state index contributed by atoms with van der Waals surface area (Å²) in [4.78, 5) is 11.1. The molecule has 0 rings (SSSR count). The van der Waals surface area contributed by atoms with Crippen molar-refractivity contribution in [3.8, 4) is 0 Å². The standard InChI is InChI=1S/C21H43NO.C2H6/c1-3-4-5-6-7-8-9-10-11-12-13-14-15-16-17-18-19-20-21(23)22-2;1-2/h3-20H2,1-2H3,(H,22,23);1-2H3. The molecule has 0 spiro atoms. The first-order valence-electron chi connectivity index (χ1n) is 11.5. The minimum absolute atomic E-state index is 0.186. The summed E-state index contributed by atoms with van der Waals surface area (Å²) in [5, 5.41) is 2.68. The number of rotatable bonds is 18. The smallest absolute Gasteiger partial charge is 0.219 e. The van der Waals surface area contributed by atoms with Crippen LogP contribution in [0.4, 0.5) is 0 Å². The van der Waals surface area contributed by atoms with Gasteiger partial charge in [0, 0.05) is 13.5 Å². The van der Waals surface area contributed by atoms with Crippen LogP contribution in [0, 0.1) is 0 Å². The molecule has 0 fully saturated rings. The molecule has 0 aliphatic rings. The third-order valence-corrected chi connectivity index (χ3v) is 4.79. The van der Waals surface area contributed by atoms with Gasteiger partial charge in [-0.1, -0.05) is 124 Å². The summed E-state index contributed by atoms with van der Waals surface area (Å²) in [6, 6.07) is 0. The predicted molar refractivity (Wildman–Crippen MR) is 114 cm³/mol. The number of hydrogen-bond acceptors (Lipinski definition) is 1. The molecule has 2 nitrogen and oxygen atoms in total. The Kier molecular flexibility index (Phi) is 27.5. The molecular formula is C23H49NO. The van der Waals surface area contributed by atoms with E-state index in [-0.39, 0.29) is 5.91 Å². The van der Waals surface area contributed by atoms with Gasteiger partial charge in [0.1, 0.15) is 0 Å². The van der Waals surface area contributed by atoms with Crippen LogP contribution in [-0.2, 0) is 4.79 Å². The quantitative estimate of drug-likeness (QED) is 0.250. The highest BCUT2D eigenvalue weighted by atomic mass is 16.1. The van der Waals surface area contributed by atoms with Crippen molar-refractivity contribution in [2.75, 3.05) is 7.05 Å². The summed E-state index contributed by atoms with van der Waals surface area (Å²) >= 11 is 0. The Bertz CT molecular complexity index is 240. The van der Waals surface area contributed by atoms with Crippen molar-refractivity contribution < 1.29 is 4.79 Å². The van der Waals surface area contributed by atoms with Crippen LogP contribution in [-0.4, -0.2) is 13.0 Å². The fourth-order valence-electron chi connectivity index (χ4n) is 3.14. The van der Waals surface area contributed by atoms with Gasteiger partial charge in [0.15, 0.2) is 0 Å². The molecule has 2 heteroatoms. The van der Waals surface area contributed by atoms with Crippen LogP contribution in [0.25, 0.3) is 0 Å². The summed E-state index contributed by atoms with van der Waals surface area (Å²) in [6.07, 6.45) is 24.2. The lowest BCUT2D eigenvalue weighted by Gasteiger charge is -2.03. The van der Waals surface area contributed by atoms with Crippen LogP contribution in [0.15, 0.2) is 0 Å². The highest BCUT2D eigenvalue weighted by Gasteiger charge is 1.97. The zero-order valence-corrected chi connectivity index (χ0v) is 18.1. The minimum Gasteiger partial charge on any atom is -0.359 e. The fraction of sp³-hybridized carbons (Fsp3) is 0.957. The molecule has 0 heterocycles. The molecule has 1 N–H and O–H groups in total. The van der Waals surface area contributed by atoms with Crippen molar-refractivity contribution in [1.29, 1.82) is 0 Å². The average molecular weight is 356 g/mol. The number of amides is 1. The summed E-state index contributed by atoms with van der Waals surface area (Å²) in [5.41, 5.74) is 0. The van der Waals surface area contributed by atoms with Gasteiger partial charge in [-0.05, 0) is 6.42 Å². The molecule has 0 saturated heterocycles. The third kappa shape index (κ3) is 25.8. The molecule has 0 aliphatic carbocycles. The first-order valence-corrected chi connectivity index (χ1v) is 11.5. The summed E-state index contributed by atoms with van der Waals surface area (Å²) in [6.45, 7) is 6.29. The Morgan fingerprint density at radius 1 is 0.560 bits per heavy atom. The zero-order chi connectivity index (χ0) is 19.0. The molecule has 25 heavy (non-hydrogen) atoms. The molecule has 0 aromatic heterocycles. The van der Waals surface area contributed by atoms with Gasteiger partial charge in [0.05, 0.1) is 0 Å². The number of hydrogen-bond donors (Lipinski definition) is 1. The van der Waals surface area contributed by atoms with Gasteiger partial charge in [-0.15, -0.1) is 0 Å². The van der Waals surface area contributed by atoms with E-state index in [9.17, 15) is 4.79 Å². The number of carbonyl (C=O) groups excluding carboxylic acids is 1.